The second kappa shape index (κ2) is 9.41. The fourth-order valence-corrected chi connectivity index (χ4v) is 4.82. The molecular weight excluding hydrogens is 478 g/mol. The number of nitrogens with one attached hydrogen (secondary N) is 2. The van der Waals surface area contributed by atoms with Gasteiger partial charge in [0.15, 0.2) is 5.13 Å². The average Bonchev–Trinajstić information content (AvgIpc) is 3.50. The van der Waals surface area contributed by atoms with Crippen molar-refractivity contribution in [3.63, 3.8) is 0 Å². The van der Waals surface area contributed by atoms with Gasteiger partial charge in [0.25, 0.3) is 5.91 Å². The molecule has 2 aromatic carbocycles. The van der Waals surface area contributed by atoms with Crippen LogP contribution in [0.3, 0.4) is 0 Å². The third-order valence-electron chi connectivity index (χ3n) is 5.74. The van der Waals surface area contributed by atoms with E-state index in [1.54, 1.807) is 52.7 Å². The Morgan fingerprint density at radius 2 is 1.83 bits per heavy atom. The number of ether oxygens (including phenoxy) is 1. The van der Waals surface area contributed by atoms with Gasteiger partial charge in [-0.25, -0.2) is 4.98 Å². The summed E-state index contributed by atoms with van der Waals surface area (Å²) in [6.07, 6.45) is 1.70. The van der Waals surface area contributed by atoms with E-state index in [0.717, 1.165) is 24.2 Å². The first-order valence-corrected chi connectivity index (χ1v) is 11.8. The molecule has 1 fully saturated rings. The molecule has 0 spiro atoms. The lowest BCUT2D eigenvalue weighted by Crippen LogP contribution is -2.42. The Morgan fingerprint density at radius 1 is 1.11 bits per heavy atom. The highest BCUT2D eigenvalue weighted by Crippen LogP contribution is 2.42. The molecule has 2 N–H and O–H groups in total. The third kappa shape index (κ3) is 4.72. The van der Waals surface area contributed by atoms with Crippen molar-refractivity contribution in [3.8, 4) is 17.0 Å². The summed E-state index contributed by atoms with van der Waals surface area (Å²) in [6, 6.07) is 12.5. The van der Waals surface area contributed by atoms with E-state index in [-0.39, 0.29) is 29.4 Å². The predicted molar refractivity (Wildman–Crippen MR) is 124 cm³/mol. The summed E-state index contributed by atoms with van der Waals surface area (Å²) in [4.78, 5) is 44.1. The highest BCUT2D eigenvalue weighted by Gasteiger charge is 2.47. The van der Waals surface area contributed by atoms with Gasteiger partial charge in [0.05, 0.1) is 12.2 Å². The van der Waals surface area contributed by atoms with Crippen molar-refractivity contribution in [1.29, 1.82) is 0 Å². The number of carbonyl (C=O) groups is 3. The van der Waals surface area contributed by atoms with Gasteiger partial charge in [0.1, 0.15) is 11.8 Å². The van der Waals surface area contributed by atoms with Crippen LogP contribution in [0.2, 0.25) is 0 Å². The van der Waals surface area contributed by atoms with Crippen LogP contribution in [0.25, 0.3) is 11.3 Å². The van der Waals surface area contributed by atoms with Crippen molar-refractivity contribution in [1.82, 2.24) is 15.2 Å². The number of amides is 3. The average molecular weight is 499 g/mol. The number of para-hydroxylation sites is 1. The number of thiazole rings is 1. The van der Waals surface area contributed by atoms with Crippen molar-refractivity contribution < 1.29 is 27.9 Å². The lowest BCUT2D eigenvalue weighted by Gasteiger charge is -2.24. The van der Waals surface area contributed by atoms with E-state index in [2.05, 4.69) is 20.4 Å². The molecule has 11 heteroatoms. The quantitative estimate of drug-likeness (QED) is 0.492. The van der Waals surface area contributed by atoms with Crippen LogP contribution in [0.1, 0.15) is 34.8 Å². The van der Waals surface area contributed by atoms with Crippen molar-refractivity contribution in [3.05, 3.63) is 65.0 Å². The van der Waals surface area contributed by atoms with E-state index in [1.165, 1.54) is 6.07 Å². The molecule has 180 valence electrons. The zero-order valence-electron chi connectivity index (χ0n) is 18.2. The van der Waals surface area contributed by atoms with Gasteiger partial charge in [-0.3, -0.25) is 14.4 Å². The largest absolute Gasteiger partial charge is 0.434 e. The van der Waals surface area contributed by atoms with Crippen molar-refractivity contribution >= 4 is 34.2 Å². The molecule has 35 heavy (non-hydrogen) atoms. The number of hydrogen-bond donors (Lipinski definition) is 2. The van der Waals surface area contributed by atoms with Crippen molar-refractivity contribution in [2.24, 2.45) is 0 Å². The minimum Gasteiger partial charge on any atom is -0.434 e. The van der Waals surface area contributed by atoms with Gasteiger partial charge in [-0.05, 0) is 36.6 Å². The smallest absolute Gasteiger partial charge is 0.387 e. The molecule has 1 aromatic heterocycles. The number of carbonyl (C=O) groups excluding carboxylic acids is 3. The number of aromatic nitrogens is 1. The van der Waals surface area contributed by atoms with E-state index in [1.807, 2.05) is 0 Å². The van der Waals surface area contributed by atoms with Crippen LogP contribution in [-0.2, 0) is 9.59 Å². The molecule has 0 radical (unpaired) electrons. The Bertz CT molecular complexity index is 1290. The van der Waals surface area contributed by atoms with Crippen molar-refractivity contribution in [2.75, 3.05) is 11.9 Å². The number of benzene rings is 2. The Labute approximate surface area is 202 Å². The molecule has 5 rings (SSSR count). The SMILES string of the molecule is O=C(CNC(=O)C1c2ccccc2C(=O)N1C1CC1)Nc1nc(-c2ccccc2OC(F)F)cs1. The monoisotopic (exact) mass is 498 g/mol. The minimum absolute atomic E-state index is 0.0236. The van der Waals surface area contributed by atoms with Gasteiger partial charge in [0, 0.05) is 22.5 Å². The summed E-state index contributed by atoms with van der Waals surface area (Å²) >= 11 is 1.11. The highest BCUT2D eigenvalue weighted by atomic mass is 32.1. The third-order valence-corrected chi connectivity index (χ3v) is 6.50. The molecule has 1 saturated carbocycles. The molecule has 0 saturated heterocycles. The Morgan fingerprint density at radius 3 is 2.57 bits per heavy atom. The number of rotatable bonds is 8. The van der Waals surface area contributed by atoms with Gasteiger partial charge in [-0.1, -0.05) is 30.3 Å². The second-order valence-electron chi connectivity index (χ2n) is 8.11. The molecule has 1 aliphatic carbocycles. The summed E-state index contributed by atoms with van der Waals surface area (Å²) < 4.78 is 29.9. The number of fused-ring (bicyclic) bond motifs is 1. The van der Waals surface area contributed by atoms with Gasteiger partial charge in [0.2, 0.25) is 11.8 Å². The summed E-state index contributed by atoms with van der Waals surface area (Å²) in [7, 11) is 0. The zero-order valence-corrected chi connectivity index (χ0v) is 19.1. The lowest BCUT2D eigenvalue weighted by molar-refractivity contribution is -0.127. The summed E-state index contributed by atoms with van der Waals surface area (Å²) in [5.74, 6) is -1.13. The van der Waals surface area contributed by atoms with E-state index in [4.69, 9.17) is 0 Å². The fraction of sp³-hybridized carbons (Fsp3) is 0.250. The van der Waals surface area contributed by atoms with Crippen LogP contribution in [0.15, 0.2) is 53.9 Å². The first kappa shape index (κ1) is 22.9. The molecule has 3 aromatic rings. The van der Waals surface area contributed by atoms with Gasteiger partial charge < -0.3 is 20.3 Å². The van der Waals surface area contributed by atoms with Crippen LogP contribution < -0.4 is 15.4 Å². The van der Waals surface area contributed by atoms with Crippen molar-refractivity contribution in [2.45, 2.75) is 31.5 Å². The molecule has 8 nitrogen and oxygen atoms in total. The first-order chi connectivity index (χ1) is 16.9. The number of halogens is 2. The Kier molecular flexibility index (Phi) is 6.16. The number of hydrogen-bond acceptors (Lipinski definition) is 6. The lowest BCUT2D eigenvalue weighted by atomic mass is 10.0. The Balaban J connectivity index is 1.23. The number of alkyl halides is 2. The standard InChI is InChI=1S/C24H20F2N4O4S/c25-23(26)34-18-8-4-3-7-16(18)17-12-35-24(28-17)29-19(31)11-27-21(32)20-14-5-1-2-6-15(14)22(33)30(20)13-9-10-13/h1-8,12-13,20,23H,9-11H2,(H,27,32)(H,28,29,31). The first-order valence-electron chi connectivity index (χ1n) is 10.9. The van der Waals surface area contributed by atoms with Crippen LogP contribution >= 0.6 is 11.3 Å². The molecule has 3 amide bonds. The minimum atomic E-state index is -2.98. The number of nitrogens with zero attached hydrogens (tertiary/aromatic N) is 2. The number of anilines is 1. The van der Waals surface area contributed by atoms with Gasteiger partial charge in [-0.2, -0.15) is 8.78 Å². The molecular formula is C24H20F2N4O4S. The van der Waals surface area contributed by atoms with E-state index in [0.29, 0.717) is 22.4 Å². The van der Waals surface area contributed by atoms with Crippen LogP contribution in [0.5, 0.6) is 5.75 Å². The highest BCUT2D eigenvalue weighted by molar-refractivity contribution is 7.14. The topological polar surface area (TPSA) is 101 Å². The maximum Gasteiger partial charge on any atom is 0.387 e. The molecule has 0 bridgehead atoms. The van der Waals surface area contributed by atoms with E-state index in [9.17, 15) is 23.2 Å². The van der Waals surface area contributed by atoms with Crippen LogP contribution in [0.4, 0.5) is 13.9 Å². The summed E-state index contributed by atoms with van der Waals surface area (Å²) in [6.45, 7) is -3.29. The molecule has 1 atom stereocenters. The van der Waals surface area contributed by atoms with Crippen LogP contribution in [0, 0.1) is 0 Å². The zero-order chi connectivity index (χ0) is 24.5. The normalized spacial score (nSPS) is 16.8. The summed E-state index contributed by atoms with van der Waals surface area (Å²) in [5.41, 5.74) is 1.88. The predicted octanol–water partition coefficient (Wildman–Crippen LogP) is 3.83. The fourth-order valence-electron chi connectivity index (χ4n) is 4.09. The second-order valence-corrected chi connectivity index (χ2v) is 8.97. The van der Waals surface area contributed by atoms with Gasteiger partial charge >= 0.3 is 6.61 Å². The van der Waals surface area contributed by atoms with Gasteiger partial charge in [-0.15, -0.1) is 11.3 Å². The molecule has 1 unspecified atom stereocenters. The summed E-state index contributed by atoms with van der Waals surface area (Å²) in [5, 5.41) is 7.06. The Hall–Kier alpha value is -3.86. The molecule has 2 aliphatic rings. The van der Waals surface area contributed by atoms with E-state index >= 15 is 0 Å². The molecule has 1 aliphatic heterocycles. The molecule has 2 heterocycles. The van der Waals surface area contributed by atoms with Crippen LogP contribution in [-0.4, -0.2) is 46.8 Å². The maximum absolute atomic E-state index is 13.0. The maximum atomic E-state index is 13.0. The van der Waals surface area contributed by atoms with E-state index < -0.39 is 24.5 Å².